The third kappa shape index (κ3) is 50.4. The molecule has 36 heteroatoms. The Balaban J connectivity index is 0.00000169. The van der Waals surface area contributed by atoms with Crippen LogP contribution in [-0.4, -0.2) is 313 Å². The van der Waals surface area contributed by atoms with Crippen molar-refractivity contribution in [3.8, 4) is 0 Å². The standard InChI is InChI=1S/C23H42N4O3.C22H39N3O4.C21H37N3O4.C17H30N2O5.C11H21NO2.C10H17NO4/c1-8-10-19(23(30)26(6)7)25-21(28)20-11-9-14-27(20)22(29)17(4)12-13-18(24-5)15-16(2)3;1-7-9-18(22(28)29-6)24-20(26)19-10-8-13-25(19)21(27)16(4)11-12-17(23-5)14-15(2)3;1-6-8-17(21(27)28)23-19(25)18-9-7-12-24(18)20(26)15(4)10-11-16(22-5)13-14(2)3;1-6-7-9-12(15(21)23-5)18-14(20)13-10-8-11-19(13)16(22)24-17(2,3)4;1-8(2)7-10(12-4)6-5-9(3)11(13)14;1-10(2,3)15-9(14)11-6-4-5-7(11)8(12)13/h12-13,16-20,24H,8-11,14-15H2,1-7H3,(H,25,28);11-12,15-19,23H,7-10,13-14H2,1-6H3,(H,24,26);10-11,14-18,22H,6-9,12-13H2,1-5H3,(H,23,25)(H,27,28);12-13H,6-11H2,1-5H3,(H,18,20);5-6,8-10,12H,7H2,1-4H3,(H,13,14);7H,4-6H2,1-3H3,(H,12,13)/b13-12+;12-11+;11-10+;;6-5+;/t17-,18+,19+,20?;16-,17+,18-,19?;15-,16+,17+,18?;12-,13?;9-,10+;/m00000./s1. The third-order valence-electron chi connectivity index (χ3n) is 24.2. The highest BCUT2D eigenvalue weighted by atomic mass is 16.6. The second kappa shape index (κ2) is 68.6. The highest BCUT2D eigenvalue weighted by molar-refractivity contribution is 5.95. The fourth-order valence-electron chi connectivity index (χ4n) is 16.5. The van der Waals surface area contributed by atoms with Crippen molar-refractivity contribution in [3.63, 3.8) is 0 Å². The zero-order valence-electron chi connectivity index (χ0n) is 90.8. The van der Waals surface area contributed by atoms with Gasteiger partial charge in [-0.25, -0.2) is 28.8 Å². The monoisotopic (exact) mass is 1980 g/mol. The van der Waals surface area contributed by atoms with E-state index in [1.807, 2.05) is 113 Å². The van der Waals surface area contributed by atoms with E-state index in [2.05, 4.69) is 104 Å². The van der Waals surface area contributed by atoms with Gasteiger partial charge in [-0.3, -0.25) is 53.0 Å². The van der Waals surface area contributed by atoms with Gasteiger partial charge in [0.1, 0.15) is 65.6 Å². The zero-order chi connectivity index (χ0) is 107. The molecule has 5 fully saturated rings. The van der Waals surface area contributed by atoms with Gasteiger partial charge in [-0.15, -0.1) is 0 Å². The molecule has 5 saturated heterocycles. The molecule has 0 saturated carbocycles. The number of carbonyl (C=O) groups is 15. The molecule has 10 amide bonds. The minimum absolute atomic E-state index is 0.0331. The second-order valence-corrected chi connectivity index (χ2v) is 41.1. The number of hydrogen-bond donors (Lipinski definition) is 11. The number of hydrogen-bond acceptors (Lipinski definition) is 23. The SMILES string of the molecule is CC(C)(C)OC(=O)N1CCCC1C(=O)O.CCCC[C@H](NC(=O)C1CCCN1C(=O)OC(C)(C)C)C(=O)OC.CCC[C@@H](NC(=O)C1CCCN1C(=O)[C@@H](C)/C=C/[C@H](CC(C)C)NC)C(=O)N(C)C.CCC[C@@H](NC(=O)C1CCCN1C(=O)[C@@H](C)/C=C/[C@H](CC(C)C)NC)C(=O)O.CCC[C@H](NC(=O)C1CCCN1C(=O)[C@@H](C)/C=C/[C@H](CC(C)C)NC)C(=O)OC.CN[C@H](/C=C/[C@H](C)C(=O)O)CC(C)C. The molecule has 0 radical (unpaired) electrons. The van der Waals surface area contributed by atoms with E-state index in [-0.39, 0.29) is 89.2 Å². The van der Waals surface area contributed by atoms with Gasteiger partial charge in [0.15, 0.2) is 0 Å². The fraction of sp³-hybridized carbons (Fsp3) is 0.779. The molecular weight excluding hydrogens is 1800 g/mol. The van der Waals surface area contributed by atoms with Crippen LogP contribution in [0.25, 0.3) is 0 Å². The summed E-state index contributed by atoms with van der Waals surface area (Å²) in [7, 11) is 13.6. The predicted octanol–water partition coefficient (Wildman–Crippen LogP) is 12.2. The number of aliphatic carboxylic acids is 3. The van der Waals surface area contributed by atoms with Crippen LogP contribution in [0.2, 0.25) is 0 Å². The van der Waals surface area contributed by atoms with Crippen molar-refractivity contribution in [1.29, 1.82) is 0 Å². The Morgan fingerprint density at radius 3 is 0.864 bits per heavy atom. The number of nitrogens with one attached hydrogen (secondary N) is 8. The van der Waals surface area contributed by atoms with Crippen LogP contribution >= 0.6 is 0 Å². The quantitative estimate of drug-likeness (QED) is 0.0153. The third-order valence-corrected chi connectivity index (χ3v) is 24.2. The molecule has 0 bridgehead atoms. The Morgan fingerprint density at radius 1 is 0.350 bits per heavy atom. The van der Waals surface area contributed by atoms with Gasteiger partial charge in [-0.2, -0.15) is 0 Å². The lowest BCUT2D eigenvalue weighted by Crippen LogP contribution is -2.53. The van der Waals surface area contributed by atoms with Crippen LogP contribution in [0.4, 0.5) is 9.59 Å². The summed E-state index contributed by atoms with van der Waals surface area (Å²) < 4.78 is 20.0. The van der Waals surface area contributed by atoms with Crippen molar-refractivity contribution in [3.05, 3.63) is 48.6 Å². The van der Waals surface area contributed by atoms with Crippen molar-refractivity contribution in [2.24, 2.45) is 47.3 Å². The topological polar surface area (TPSA) is 469 Å². The Labute approximate surface area is 838 Å². The number of likely N-dealkylation sites (N-methyl/N-ethyl adjacent to an activating group) is 5. The first-order valence-corrected chi connectivity index (χ1v) is 51.1. The van der Waals surface area contributed by atoms with Crippen LogP contribution in [0.5, 0.6) is 0 Å². The van der Waals surface area contributed by atoms with Gasteiger partial charge in [-0.1, -0.05) is 185 Å². The first-order valence-electron chi connectivity index (χ1n) is 51.1. The summed E-state index contributed by atoms with van der Waals surface area (Å²) in [5.41, 5.74) is -1.20. The molecule has 5 aliphatic heterocycles. The summed E-state index contributed by atoms with van der Waals surface area (Å²) in [6.45, 7) is 45.6. The summed E-state index contributed by atoms with van der Waals surface area (Å²) in [4.78, 5) is 192. The van der Waals surface area contributed by atoms with E-state index in [1.54, 1.807) is 83.3 Å². The molecule has 36 nitrogen and oxygen atoms in total. The number of carboxylic acid groups (broad SMARTS) is 3. The molecule has 5 unspecified atom stereocenters. The fourth-order valence-corrected chi connectivity index (χ4v) is 16.5. The number of ether oxygens (including phenoxy) is 4. The number of esters is 2. The average Bonchev–Trinajstić information content (AvgIpc) is 1.69. The molecule has 804 valence electrons. The summed E-state index contributed by atoms with van der Waals surface area (Å²) in [5.74, 6) is -4.22. The lowest BCUT2D eigenvalue weighted by molar-refractivity contribution is -0.147. The van der Waals surface area contributed by atoms with Crippen molar-refractivity contribution >= 4 is 89.3 Å². The molecule has 5 heterocycles. The zero-order valence-corrected chi connectivity index (χ0v) is 90.8. The van der Waals surface area contributed by atoms with E-state index < -0.39 is 114 Å². The maximum Gasteiger partial charge on any atom is 0.411 e. The Hall–Kier alpha value is -9.55. The van der Waals surface area contributed by atoms with Gasteiger partial charge in [0, 0.05) is 71.0 Å². The summed E-state index contributed by atoms with van der Waals surface area (Å²) in [5, 5.41) is 50.7. The van der Waals surface area contributed by atoms with Crippen LogP contribution in [0.1, 0.15) is 300 Å². The largest absolute Gasteiger partial charge is 0.481 e. The smallest absolute Gasteiger partial charge is 0.411 e. The van der Waals surface area contributed by atoms with Crippen LogP contribution in [0.15, 0.2) is 48.6 Å². The van der Waals surface area contributed by atoms with Crippen LogP contribution < -0.4 is 42.5 Å². The van der Waals surface area contributed by atoms with E-state index in [4.69, 9.17) is 29.2 Å². The number of amides is 10. The number of nitrogens with zero attached hydrogens (tertiary/aromatic N) is 6. The summed E-state index contributed by atoms with van der Waals surface area (Å²) >= 11 is 0. The van der Waals surface area contributed by atoms with E-state index >= 15 is 0 Å². The number of carbonyl (C=O) groups excluding carboxylic acids is 12. The van der Waals surface area contributed by atoms with Crippen LogP contribution in [-0.2, 0) is 81.3 Å². The molecule has 0 aromatic heterocycles. The first kappa shape index (κ1) is 130. The Bertz CT molecular complexity index is 3900. The van der Waals surface area contributed by atoms with Crippen molar-refractivity contribution in [2.75, 3.05) is 89.2 Å². The Morgan fingerprint density at radius 2 is 0.607 bits per heavy atom. The van der Waals surface area contributed by atoms with Gasteiger partial charge >= 0.3 is 42.0 Å². The number of unbranched alkanes of at least 4 members (excludes halogenated alkanes) is 1. The lowest BCUT2D eigenvalue weighted by atomic mass is 10.0. The van der Waals surface area contributed by atoms with Gasteiger partial charge in [-0.05, 0) is 216 Å². The minimum Gasteiger partial charge on any atom is -0.481 e. The number of carboxylic acids is 3. The number of likely N-dealkylation sites (tertiary alicyclic amines) is 5. The van der Waals surface area contributed by atoms with Crippen molar-refractivity contribution in [1.82, 2.24) is 71.9 Å². The van der Waals surface area contributed by atoms with Gasteiger partial charge in [0.05, 0.1) is 37.9 Å². The predicted molar refractivity (Wildman–Crippen MR) is 546 cm³/mol. The lowest BCUT2D eigenvalue weighted by Gasteiger charge is -2.28. The van der Waals surface area contributed by atoms with E-state index in [0.717, 1.165) is 83.5 Å². The van der Waals surface area contributed by atoms with E-state index in [1.165, 1.54) is 28.9 Å². The van der Waals surface area contributed by atoms with Crippen LogP contribution in [0.3, 0.4) is 0 Å². The maximum atomic E-state index is 13.0. The molecule has 0 aliphatic carbocycles. The molecule has 0 aromatic carbocycles. The first-order chi connectivity index (χ1) is 65.5. The molecule has 0 aromatic rings. The maximum absolute atomic E-state index is 13.0. The van der Waals surface area contributed by atoms with Gasteiger partial charge in [0.2, 0.25) is 47.3 Å². The summed E-state index contributed by atoms with van der Waals surface area (Å²) in [6, 6.07) is -4.80. The van der Waals surface area contributed by atoms with Crippen molar-refractivity contribution < 1.29 is 106 Å². The van der Waals surface area contributed by atoms with Crippen LogP contribution in [0, 0.1) is 47.3 Å². The van der Waals surface area contributed by atoms with E-state index in [9.17, 15) is 77.0 Å². The molecule has 140 heavy (non-hydrogen) atoms. The molecule has 0 spiro atoms. The number of methoxy groups -OCH3 is 2. The Kier molecular flexibility index (Phi) is 63.9. The summed E-state index contributed by atoms with van der Waals surface area (Å²) in [6.07, 6.45) is 31.1. The minimum atomic E-state index is -1.04. The van der Waals surface area contributed by atoms with E-state index in [0.29, 0.717) is 121 Å². The average molecular weight is 1980 g/mol. The molecule has 17 atom stereocenters. The molecule has 11 N–H and O–H groups in total. The second-order valence-electron chi connectivity index (χ2n) is 41.1. The molecule has 5 rings (SSSR count). The van der Waals surface area contributed by atoms with Gasteiger partial charge in [0.25, 0.3) is 0 Å². The molecular formula is C104H186N14O22. The highest BCUT2D eigenvalue weighted by Crippen LogP contribution is 2.28. The van der Waals surface area contributed by atoms with Crippen molar-refractivity contribution in [2.45, 2.75) is 390 Å². The highest BCUT2D eigenvalue weighted by Gasteiger charge is 2.43. The normalized spacial score (nSPS) is 19.6. The number of rotatable bonds is 46. The van der Waals surface area contributed by atoms with Gasteiger partial charge < -0.3 is 96.4 Å². The molecule has 5 aliphatic rings.